The van der Waals surface area contributed by atoms with Gasteiger partial charge in [-0.2, -0.15) is 0 Å². The fourth-order valence-electron chi connectivity index (χ4n) is 2.28. The summed E-state index contributed by atoms with van der Waals surface area (Å²) in [6.07, 6.45) is 2.35. The lowest BCUT2D eigenvalue weighted by Crippen LogP contribution is -2.33. The van der Waals surface area contributed by atoms with Gasteiger partial charge in [0.15, 0.2) is 5.96 Å². The van der Waals surface area contributed by atoms with Crippen molar-refractivity contribution >= 4 is 29.9 Å². The van der Waals surface area contributed by atoms with Crippen molar-refractivity contribution in [1.82, 2.24) is 10.2 Å². The summed E-state index contributed by atoms with van der Waals surface area (Å²) in [5.74, 6) is 2.05. The Kier molecular flexibility index (Phi) is 9.81. The fraction of sp³-hybridized carbons (Fsp3) is 0.923. The summed E-state index contributed by atoms with van der Waals surface area (Å²) in [5, 5.41) is 3.11. The molecule has 1 aliphatic rings. The van der Waals surface area contributed by atoms with Crippen molar-refractivity contribution in [1.29, 1.82) is 0 Å². The standard InChI is InChI=1S/C13H28N4.HI/c1-4-6-15-13(14)16-8-12-5-7-17(10-12)9-11(2)3;/h11-12H,4-10H2,1-3H3,(H3,14,15,16);1H. The Balaban J connectivity index is 0.00000289. The third-order valence-corrected chi connectivity index (χ3v) is 3.07. The van der Waals surface area contributed by atoms with Crippen molar-refractivity contribution in [3.05, 3.63) is 0 Å². The van der Waals surface area contributed by atoms with E-state index in [1.165, 1.54) is 26.1 Å². The molecule has 108 valence electrons. The van der Waals surface area contributed by atoms with E-state index < -0.39 is 0 Å². The van der Waals surface area contributed by atoms with Crippen molar-refractivity contribution < 1.29 is 0 Å². The van der Waals surface area contributed by atoms with Crippen LogP contribution in [0.5, 0.6) is 0 Å². The maximum Gasteiger partial charge on any atom is 0.188 e. The number of nitrogens with two attached hydrogens (primary N) is 1. The summed E-state index contributed by atoms with van der Waals surface area (Å²) >= 11 is 0. The average molecular weight is 368 g/mol. The Morgan fingerprint density at radius 2 is 2.22 bits per heavy atom. The third kappa shape index (κ3) is 7.41. The van der Waals surface area contributed by atoms with Crippen LogP contribution in [0.25, 0.3) is 0 Å². The van der Waals surface area contributed by atoms with Gasteiger partial charge < -0.3 is 16.0 Å². The summed E-state index contributed by atoms with van der Waals surface area (Å²) in [7, 11) is 0. The largest absolute Gasteiger partial charge is 0.370 e. The molecule has 0 saturated carbocycles. The highest BCUT2D eigenvalue weighted by molar-refractivity contribution is 14.0. The first-order valence-electron chi connectivity index (χ1n) is 6.88. The lowest BCUT2D eigenvalue weighted by Gasteiger charge is -2.17. The molecule has 1 atom stereocenters. The van der Waals surface area contributed by atoms with Gasteiger partial charge in [0, 0.05) is 26.2 Å². The van der Waals surface area contributed by atoms with Crippen LogP contribution in [0.15, 0.2) is 4.99 Å². The fourth-order valence-corrected chi connectivity index (χ4v) is 2.28. The molecule has 1 rings (SSSR count). The molecule has 4 nitrogen and oxygen atoms in total. The number of halogens is 1. The van der Waals surface area contributed by atoms with E-state index in [1.54, 1.807) is 0 Å². The van der Waals surface area contributed by atoms with Crippen molar-refractivity contribution in [2.24, 2.45) is 22.6 Å². The quantitative estimate of drug-likeness (QED) is 0.428. The summed E-state index contributed by atoms with van der Waals surface area (Å²) in [4.78, 5) is 6.96. The summed E-state index contributed by atoms with van der Waals surface area (Å²) in [6, 6.07) is 0. The first-order chi connectivity index (χ1) is 8.11. The second kappa shape index (κ2) is 9.83. The van der Waals surface area contributed by atoms with Crippen molar-refractivity contribution in [3.63, 3.8) is 0 Å². The number of nitrogens with zero attached hydrogens (tertiary/aromatic N) is 2. The van der Waals surface area contributed by atoms with E-state index in [1.807, 2.05) is 0 Å². The van der Waals surface area contributed by atoms with Crippen molar-refractivity contribution in [3.8, 4) is 0 Å². The summed E-state index contributed by atoms with van der Waals surface area (Å²) < 4.78 is 0. The van der Waals surface area contributed by atoms with Crippen molar-refractivity contribution in [2.75, 3.05) is 32.7 Å². The van der Waals surface area contributed by atoms with Gasteiger partial charge in [-0.1, -0.05) is 20.8 Å². The molecule has 0 aromatic carbocycles. The van der Waals surface area contributed by atoms with E-state index in [-0.39, 0.29) is 24.0 Å². The Labute approximate surface area is 129 Å². The molecule has 0 bridgehead atoms. The van der Waals surface area contributed by atoms with Crippen LogP contribution in [0, 0.1) is 11.8 Å². The Bertz CT molecular complexity index is 243. The monoisotopic (exact) mass is 368 g/mol. The smallest absolute Gasteiger partial charge is 0.188 e. The highest BCUT2D eigenvalue weighted by atomic mass is 127. The second-order valence-corrected chi connectivity index (χ2v) is 5.46. The summed E-state index contributed by atoms with van der Waals surface area (Å²) in [6.45, 7) is 12.1. The van der Waals surface area contributed by atoms with Gasteiger partial charge in [-0.25, -0.2) is 0 Å². The molecule has 5 heteroatoms. The number of hydrogen-bond acceptors (Lipinski definition) is 2. The zero-order valence-corrected chi connectivity index (χ0v) is 14.3. The molecule has 0 radical (unpaired) electrons. The van der Waals surface area contributed by atoms with Gasteiger partial charge in [0.2, 0.25) is 0 Å². The minimum atomic E-state index is 0. The normalized spacial score (nSPS) is 21.1. The van der Waals surface area contributed by atoms with Crippen molar-refractivity contribution in [2.45, 2.75) is 33.6 Å². The maximum atomic E-state index is 5.78. The van der Waals surface area contributed by atoms with E-state index in [4.69, 9.17) is 5.73 Å². The number of nitrogens with one attached hydrogen (secondary N) is 1. The SMILES string of the molecule is CCCNC(N)=NCC1CCN(CC(C)C)C1.I. The van der Waals surface area contributed by atoms with E-state index in [9.17, 15) is 0 Å². The number of rotatable bonds is 6. The lowest BCUT2D eigenvalue weighted by atomic mass is 10.1. The van der Waals surface area contributed by atoms with Gasteiger partial charge in [-0.05, 0) is 31.2 Å². The number of guanidine groups is 1. The average Bonchev–Trinajstić information content (AvgIpc) is 2.70. The van der Waals surface area contributed by atoms with Crippen LogP contribution < -0.4 is 11.1 Å². The molecule has 18 heavy (non-hydrogen) atoms. The highest BCUT2D eigenvalue weighted by Crippen LogP contribution is 2.17. The van der Waals surface area contributed by atoms with Gasteiger partial charge in [0.05, 0.1) is 0 Å². The predicted octanol–water partition coefficient (Wildman–Crippen LogP) is 1.90. The molecule has 0 aromatic heterocycles. The second-order valence-electron chi connectivity index (χ2n) is 5.46. The minimum absolute atomic E-state index is 0. The first-order valence-corrected chi connectivity index (χ1v) is 6.88. The zero-order valence-electron chi connectivity index (χ0n) is 12.0. The van der Waals surface area contributed by atoms with Gasteiger partial charge in [-0.3, -0.25) is 4.99 Å². The molecule has 3 N–H and O–H groups in total. The molecule has 0 aromatic rings. The molecule has 1 unspecified atom stereocenters. The van der Waals surface area contributed by atoms with Crippen LogP contribution >= 0.6 is 24.0 Å². The predicted molar refractivity (Wildman–Crippen MR) is 89.6 cm³/mol. The molecular weight excluding hydrogens is 339 g/mol. The molecule has 1 heterocycles. The molecule has 0 amide bonds. The van der Waals surface area contributed by atoms with Gasteiger partial charge in [0.25, 0.3) is 0 Å². The van der Waals surface area contributed by atoms with Crippen LogP contribution in [-0.2, 0) is 0 Å². The van der Waals surface area contributed by atoms with E-state index in [2.05, 4.69) is 36.0 Å². The first kappa shape index (κ1) is 18.0. The van der Waals surface area contributed by atoms with Crippen LogP contribution in [0.4, 0.5) is 0 Å². The number of likely N-dealkylation sites (tertiary alicyclic amines) is 1. The topological polar surface area (TPSA) is 53.6 Å². The molecule has 1 fully saturated rings. The molecule has 0 spiro atoms. The number of hydrogen-bond donors (Lipinski definition) is 2. The van der Waals surface area contributed by atoms with Gasteiger partial charge >= 0.3 is 0 Å². The van der Waals surface area contributed by atoms with Crippen LogP contribution in [0.3, 0.4) is 0 Å². The third-order valence-electron chi connectivity index (χ3n) is 3.07. The van der Waals surface area contributed by atoms with Crippen LogP contribution in [0.2, 0.25) is 0 Å². The Morgan fingerprint density at radius 1 is 1.50 bits per heavy atom. The van der Waals surface area contributed by atoms with Crippen LogP contribution in [-0.4, -0.2) is 43.6 Å². The van der Waals surface area contributed by atoms with Gasteiger partial charge in [0.1, 0.15) is 0 Å². The van der Waals surface area contributed by atoms with Gasteiger partial charge in [-0.15, -0.1) is 24.0 Å². The van der Waals surface area contributed by atoms with Crippen LogP contribution in [0.1, 0.15) is 33.6 Å². The summed E-state index contributed by atoms with van der Waals surface area (Å²) in [5.41, 5.74) is 5.78. The molecule has 0 aliphatic carbocycles. The van der Waals surface area contributed by atoms with E-state index in [0.29, 0.717) is 11.9 Å². The zero-order chi connectivity index (χ0) is 12.7. The highest BCUT2D eigenvalue weighted by Gasteiger charge is 2.22. The minimum Gasteiger partial charge on any atom is -0.370 e. The molecular formula is C13H29IN4. The van der Waals surface area contributed by atoms with E-state index in [0.717, 1.165) is 25.4 Å². The van der Waals surface area contributed by atoms with E-state index >= 15 is 0 Å². The molecule has 1 aliphatic heterocycles. The molecule has 1 saturated heterocycles. The maximum absolute atomic E-state index is 5.78. The Morgan fingerprint density at radius 3 is 2.83 bits per heavy atom. The Hall–Kier alpha value is -0.0400. The lowest BCUT2D eigenvalue weighted by molar-refractivity contribution is 0.288. The number of aliphatic imine (C=N–C) groups is 1.